The minimum atomic E-state index is -0.0492. The number of imidazole rings is 1. The number of rotatable bonds is 7. The van der Waals surface area contributed by atoms with Gasteiger partial charge in [-0.1, -0.05) is 22.9 Å². The number of thiazole rings is 1. The van der Waals surface area contributed by atoms with E-state index in [1.165, 1.54) is 11.3 Å². The molecule has 0 unspecified atom stereocenters. The zero-order valence-electron chi connectivity index (χ0n) is 19.9. The second-order valence-electron chi connectivity index (χ2n) is 9.12. The van der Waals surface area contributed by atoms with Gasteiger partial charge in [0.25, 0.3) is 0 Å². The highest BCUT2D eigenvalue weighted by atomic mass is 35.5. The van der Waals surface area contributed by atoms with E-state index in [2.05, 4.69) is 20.2 Å². The van der Waals surface area contributed by atoms with E-state index in [0.717, 1.165) is 35.2 Å². The highest BCUT2D eigenvalue weighted by Crippen LogP contribution is 2.31. The largest absolute Gasteiger partial charge is 0.341 e. The van der Waals surface area contributed by atoms with Crippen molar-refractivity contribution in [1.29, 1.82) is 0 Å². The van der Waals surface area contributed by atoms with Crippen LogP contribution >= 0.6 is 22.9 Å². The molecule has 35 heavy (non-hydrogen) atoms. The van der Waals surface area contributed by atoms with Crippen LogP contribution in [0.15, 0.2) is 36.4 Å². The Labute approximate surface area is 212 Å². The minimum absolute atomic E-state index is 0.0465. The van der Waals surface area contributed by atoms with Gasteiger partial charge in [0, 0.05) is 49.6 Å². The minimum Gasteiger partial charge on any atom is -0.341 e. The number of nitrogens with zero attached hydrogens (tertiary/aromatic N) is 5. The number of Topliss-reactive ketones (excluding diaryl/α,β-unsaturated/α-hetero) is 1. The maximum atomic E-state index is 12.8. The number of likely N-dealkylation sites (N-methyl/N-ethyl adjacent to an activating group) is 1. The summed E-state index contributed by atoms with van der Waals surface area (Å²) in [5.41, 5.74) is 3.05. The number of carbonyl (C=O) groups is 2. The molecule has 1 atom stereocenters. The van der Waals surface area contributed by atoms with Crippen molar-refractivity contribution in [2.45, 2.75) is 25.3 Å². The van der Waals surface area contributed by atoms with Crippen molar-refractivity contribution in [3.63, 3.8) is 0 Å². The second-order valence-corrected chi connectivity index (χ2v) is 10.6. The van der Waals surface area contributed by atoms with Gasteiger partial charge in [-0.15, -0.1) is 0 Å². The Hall–Kier alpha value is -3.01. The predicted molar refractivity (Wildman–Crippen MR) is 141 cm³/mol. The molecule has 182 valence electrons. The topological polar surface area (TPSA) is 83.4 Å². The maximum Gasteiger partial charge on any atom is 0.223 e. The van der Waals surface area contributed by atoms with E-state index >= 15 is 0 Å². The standard InChI is InChI=1S/C25H27ClN6O2S/c1-30(2)17-10-11-32(14-17)23(34)9-8-21(33)15-4-7-20-19(12-15)27-24(31(20)3)29-25-28-18-6-5-16(26)13-22(18)35-25/h4-7,12-13,17H,8-11,14H2,1-3H3,(H,27,28,29)/t17-/m0/s1. The van der Waals surface area contributed by atoms with E-state index in [0.29, 0.717) is 33.2 Å². The molecular weight excluding hydrogens is 484 g/mol. The number of nitrogens with one attached hydrogen (secondary N) is 1. The fourth-order valence-corrected chi connectivity index (χ4v) is 5.58. The van der Waals surface area contributed by atoms with Crippen molar-refractivity contribution in [2.75, 3.05) is 32.5 Å². The number of carbonyl (C=O) groups excluding carboxylic acids is 2. The number of halogens is 1. The summed E-state index contributed by atoms with van der Waals surface area (Å²) >= 11 is 7.59. The molecule has 0 bridgehead atoms. The maximum absolute atomic E-state index is 12.8. The first kappa shape index (κ1) is 23.7. The van der Waals surface area contributed by atoms with Gasteiger partial charge < -0.3 is 19.7 Å². The molecule has 0 radical (unpaired) electrons. The lowest BCUT2D eigenvalue weighted by molar-refractivity contribution is -0.130. The Morgan fingerprint density at radius 1 is 1.14 bits per heavy atom. The van der Waals surface area contributed by atoms with E-state index in [4.69, 9.17) is 11.6 Å². The Balaban J connectivity index is 1.27. The van der Waals surface area contributed by atoms with Crippen molar-refractivity contribution in [3.05, 3.63) is 47.0 Å². The van der Waals surface area contributed by atoms with Gasteiger partial charge in [-0.05, 0) is 56.9 Å². The molecule has 1 aliphatic rings. The number of aryl methyl sites for hydroxylation is 1. The van der Waals surface area contributed by atoms with E-state index in [9.17, 15) is 9.59 Å². The number of amides is 1. The highest BCUT2D eigenvalue weighted by molar-refractivity contribution is 7.22. The normalized spacial score (nSPS) is 16.0. The Kier molecular flexibility index (Phi) is 6.48. The summed E-state index contributed by atoms with van der Waals surface area (Å²) in [4.78, 5) is 38.7. The van der Waals surface area contributed by atoms with Gasteiger partial charge in [-0.3, -0.25) is 9.59 Å². The van der Waals surface area contributed by atoms with Gasteiger partial charge in [0.1, 0.15) is 0 Å². The monoisotopic (exact) mass is 510 g/mol. The molecule has 1 amide bonds. The second kappa shape index (κ2) is 9.56. The molecule has 4 aromatic rings. The number of ketones is 1. The number of aromatic nitrogens is 3. The summed E-state index contributed by atoms with van der Waals surface area (Å²) in [5.74, 6) is 0.631. The molecule has 3 heterocycles. The first-order valence-corrected chi connectivity index (χ1v) is 12.7. The van der Waals surface area contributed by atoms with Crippen LogP contribution in [0.1, 0.15) is 29.6 Å². The lowest BCUT2D eigenvalue weighted by Gasteiger charge is -2.20. The average molecular weight is 511 g/mol. The molecule has 1 N–H and O–H groups in total. The number of anilines is 2. The number of likely N-dealkylation sites (tertiary alicyclic amines) is 1. The van der Waals surface area contributed by atoms with Crippen LogP contribution in [-0.4, -0.2) is 69.3 Å². The molecule has 1 fully saturated rings. The fraction of sp³-hybridized carbons (Fsp3) is 0.360. The van der Waals surface area contributed by atoms with Gasteiger partial charge in [0.2, 0.25) is 11.9 Å². The first-order valence-electron chi connectivity index (χ1n) is 11.6. The number of hydrogen-bond donors (Lipinski definition) is 1. The third kappa shape index (κ3) is 4.89. The highest BCUT2D eigenvalue weighted by Gasteiger charge is 2.27. The lowest BCUT2D eigenvalue weighted by atomic mass is 10.1. The third-order valence-corrected chi connectivity index (χ3v) is 7.75. The summed E-state index contributed by atoms with van der Waals surface area (Å²) in [6.07, 6.45) is 1.40. The summed E-state index contributed by atoms with van der Waals surface area (Å²) in [6, 6.07) is 11.5. The number of fused-ring (bicyclic) bond motifs is 2. The van der Waals surface area contributed by atoms with Crippen LogP contribution in [0.3, 0.4) is 0 Å². The molecule has 10 heteroatoms. The Morgan fingerprint density at radius 3 is 2.74 bits per heavy atom. The van der Waals surface area contributed by atoms with Crippen LogP contribution in [-0.2, 0) is 11.8 Å². The summed E-state index contributed by atoms with van der Waals surface area (Å²) in [6.45, 7) is 1.49. The van der Waals surface area contributed by atoms with Gasteiger partial charge in [0.05, 0.1) is 21.3 Å². The molecule has 0 aliphatic carbocycles. The average Bonchev–Trinajstić information content (AvgIpc) is 3.55. The number of hydrogen-bond acceptors (Lipinski definition) is 7. The smallest absolute Gasteiger partial charge is 0.223 e. The molecule has 0 saturated carbocycles. The molecule has 2 aromatic heterocycles. The quantitative estimate of drug-likeness (QED) is 0.363. The molecule has 0 spiro atoms. The predicted octanol–water partition coefficient (Wildman–Crippen LogP) is 4.71. The zero-order chi connectivity index (χ0) is 24.7. The van der Waals surface area contributed by atoms with Gasteiger partial charge in [0.15, 0.2) is 10.9 Å². The summed E-state index contributed by atoms with van der Waals surface area (Å²) in [7, 11) is 5.98. The van der Waals surface area contributed by atoms with Crippen LogP contribution < -0.4 is 5.32 Å². The fourth-order valence-electron chi connectivity index (χ4n) is 4.45. The van der Waals surface area contributed by atoms with Gasteiger partial charge in [-0.2, -0.15) is 0 Å². The molecule has 1 aliphatic heterocycles. The van der Waals surface area contributed by atoms with Crippen LogP contribution in [0.4, 0.5) is 11.1 Å². The first-order chi connectivity index (χ1) is 16.8. The third-order valence-electron chi connectivity index (χ3n) is 6.58. The summed E-state index contributed by atoms with van der Waals surface area (Å²) < 4.78 is 2.92. The van der Waals surface area contributed by atoms with E-state index in [1.54, 1.807) is 12.1 Å². The molecular formula is C25H27ClN6O2S. The van der Waals surface area contributed by atoms with E-state index in [-0.39, 0.29) is 24.5 Å². The summed E-state index contributed by atoms with van der Waals surface area (Å²) in [5, 5.41) is 4.67. The van der Waals surface area contributed by atoms with Gasteiger partial charge in [-0.25, -0.2) is 9.97 Å². The van der Waals surface area contributed by atoms with Crippen molar-refractivity contribution >= 4 is 67.0 Å². The van der Waals surface area contributed by atoms with Crippen molar-refractivity contribution in [1.82, 2.24) is 24.3 Å². The zero-order valence-corrected chi connectivity index (χ0v) is 21.5. The SMILES string of the molecule is CN(C)[C@H]1CCN(C(=O)CCC(=O)c2ccc3c(c2)nc(Nc2nc4ccc(Cl)cc4s2)n3C)C1. The van der Waals surface area contributed by atoms with Crippen LogP contribution in [0.25, 0.3) is 21.3 Å². The van der Waals surface area contributed by atoms with Crippen molar-refractivity contribution in [3.8, 4) is 0 Å². The lowest BCUT2D eigenvalue weighted by Crippen LogP contribution is -2.34. The number of benzene rings is 2. The van der Waals surface area contributed by atoms with Crippen molar-refractivity contribution < 1.29 is 9.59 Å². The van der Waals surface area contributed by atoms with Crippen LogP contribution in [0.2, 0.25) is 5.02 Å². The molecule has 5 rings (SSSR count). The molecule has 2 aromatic carbocycles. The van der Waals surface area contributed by atoms with E-state index in [1.807, 2.05) is 54.9 Å². The van der Waals surface area contributed by atoms with E-state index < -0.39 is 0 Å². The van der Waals surface area contributed by atoms with Gasteiger partial charge >= 0.3 is 0 Å². The van der Waals surface area contributed by atoms with Crippen LogP contribution in [0, 0.1) is 0 Å². The Morgan fingerprint density at radius 2 is 1.97 bits per heavy atom. The molecule has 8 nitrogen and oxygen atoms in total. The van der Waals surface area contributed by atoms with Crippen LogP contribution in [0.5, 0.6) is 0 Å². The van der Waals surface area contributed by atoms with Crippen molar-refractivity contribution in [2.24, 2.45) is 7.05 Å². The molecule has 1 saturated heterocycles. The Bertz CT molecular complexity index is 1430.